The number of hydrogen-bond donors (Lipinski definition) is 3. The highest BCUT2D eigenvalue weighted by Gasteiger charge is 2.17. The summed E-state index contributed by atoms with van der Waals surface area (Å²) in [7, 11) is 0. The molecule has 2 amide bonds. The van der Waals surface area contributed by atoms with E-state index in [4.69, 9.17) is 11.5 Å². The number of nitrogens with one attached hydrogen (secondary N) is 1. The first-order valence-electron chi connectivity index (χ1n) is 6.63. The highest BCUT2D eigenvalue weighted by atomic mass is 35.5. The van der Waals surface area contributed by atoms with Crippen LogP contribution in [0.4, 0.5) is 5.69 Å². The normalized spacial score (nSPS) is 9.78. The number of nitrogens with zero attached hydrogens (tertiary/aromatic N) is 1. The summed E-state index contributed by atoms with van der Waals surface area (Å²) in [6, 6.07) is 3.94. The Labute approximate surface area is 143 Å². The van der Waals surface area contributed by atoms with E-state index in [2.05, 4.69) is 5.32 Å². The molecule has 1 aromatic rings. The number of nitro groups is 1. The molecule has 0 aliphatic rings. The quantitative estimate of drug-likeness (QED) is 0.259. The van der Waals surface area contributed by atoms with Gasteiger partial charge >= 0.3 is 0 Å². The van der Waals surface area contributed by atoms with Gasteiger partial charge in [0.15, 0.2) is 0 Å². The fraction of sp³-hybridized carbons (Fsp3) is 0.385. The van der Waals surface area contributed by atoms with Crippen molar-refractivity contribution in [3.8, 4) is 0 Å². The lowest BCUT2D eigenvalue weighted by Gasteiger charge is -2.06. The van der Waals surface area contributed by atoms with E-state index in [0.717, 1.165) is 30.7 Å². The number of hydrogen-bond acceptors (Lipinski definition) is 6. The molecule has 0 saturated heterocycles. The predicted octanol–water partition coefficient (Wildman–Crippen LogP) is 1.06. The molecule has 8 nitrogen and oxygen atoms in total. The van der Waals surface area contributed by atoms with Gasteiger partial charge in [-0.15, -0.1) is 24.2 Å². The first-order valence-corrected chi connectivity index (χ1v) is 7.62. The molecule has 0 heterocycles. The van der Waals surface area contributed by atoms with Gasteiger partial charge in [-0.1, -0.05) is 0 Å². The molecule has 128 valence electrons. The summed E-state index contributed by atoms with van der Waals surface area (Å²) in [6.07, 6.45) is 1.62. The lowest BCUT2D eigenvalue weighted by Crippen LogP contribution is -2.26. The largest absolute Gasteiger partial charge is 0.366 e. The summed E-state index contributed by atoms with van der Waals surface area (Å²) in [5.74, 6) is -0.896. The minimum absolute atomic E-state index is 0. The summed E-state index contributed by atoms with van der Waals surface area (Å²) in [5, 5.41) is 13.7. The maximum absolute atomic E-state index is 11.6. The summed E-state index contributed by atoms with van der Waals surface area (Å²) in [4.78, 5) is 33.4. The lowest BCUT2D eigenvalue weighted by atomic mass is 10.2. The SMILES string of the molecule is Cl.NCCCCNC(=O)CSc1ccc(C(N)=O)cc1[N+](=O)[O-]. The van der Waals surface area contributed by atoms with Gasteiger partial charge in [-0.25, -0.2) is 0 Å². The summed E-state index contributed by atoms with van der Waals surface area (Å²) < 4.78 is 0. The molecule has 0 aromatic heterocycles. The third-order valence-corrected chi connectivity index (χ3v) is 3.81. The van der Waals surface area contributed by atoms with E-state index < -0.39 is 10.8 Å². The van der Waals surface area contributed by atoms with Gasteiger partial charge in [0.1, 0.15) is 0 Å². The number of nitro benzene ring substituents is 1. The molecule has 10 heteroatoms. The molecule has 0 saturated carbocycles. The fourth-order valence-electron chi connectivity index (χ4n) is 1.63. The van der Waals surface area contributed by atoms with Crippen LogP contribution in [-0.4, -0.2) is 35.6 Å². The number of halogens is 1. The molecule has 5 N–H and O–H groups in total. The van der Waals surface area contributed by atoms with E-state index in [1.54, 1.807) is 0 Å². The van der Waals surface area contributed by atoms with Gasteiger partial charge < -0.3 is 16.8 Å². The zero-order chi connectivity index (χ0) is 16.5. The van der Waals surface area contributed by atoms with Crippen molar-refractivity contribution >= 4 is 41.7 Å². The molecule has 1 aromatic carbocycles. The smallest absolute Gasteiger partial charge is 0.283 e. The first-order chi connectivity index (χ1) is 10.5. The zero-order valence-corrected chi connectivity index (χ0v) is 14.0. The number of carbonyl (C=O) groups excluding carboxylic acids is 2. The van der Waals surface area contributed by atoms with Crippen LogP contribution in [0.15, 0.2) is 23.1 Å². The van der Waals surface area contributed by atoms with E-state index in [1.165, 1.54) is 12.1 Å². The number of carbonyl (C=O) groups is 2. The van der Waals surface area contributed by atoms with Crippen molar-refractivity contribution in [1.82, 2.24) is 5.32 Å². The standard InChI is InChI=1S/C13H18N4O4S.ClH/c14-5-1-2-6-16-12(18)8-22-11-4-3-9(13(15)19)7-10(11)17(20)21;/h3-4,7H,1-2,5-6,8,14H2,(H2,15,19)(H,16,18);1H. The van der Waals surface area contributed by atoms with E-state index in [-0.39, 0.29) is 35.3 Å². The highest BCUT2D eigenvalue weighted by molar-refractivity contribution is 8.00. The average Bonchev–Trinajstić information content (AvgIpc) is 2.49. The number of nitrogens with two attached hydrogens (primary N) is 2. The molecule has 1 rings (SSSR count). The second-order valence-electron chi connectivity index (χ2n) is 4.44. The second kappa shape index (κ2) is 10.8. The number of amides is 2. The van der Waals surface area contributed by atoms with Crippen molar-refractivity contribution in [1.29, 1.82) is 0 Å². The molecule has 0 aliphatic heterocycles. The topological polar surface area (TPSA) is 141 Å². The van der Waals surface area contributed by atoms with Gasteiger partial charge in [-0.2, -0.15) is 0 Å². The monoisotopic (exact) mass is 362 g/mol. The Morgan fingerprint density at radius 1 is 1.30 bits per heavy atom. The van der Waals surface area contributed by atoms with Crippen LogP contribution in [0.1, 0.15) is 23.2 Å². The molecule has 0 aliphatic carbocycles. The molecular formula is C13H19ClN4O4S. The minimum atomic E-state index is -0.739. The van der Waals surface area contributed by atoms with E-state index in [0.29, 0.717) is 18.0 Å². The number of rotatable bonds is 9. The van der Waals surface area contributed by atoms with E-state index >= 15 is 0 Å². The minimum Gasteiger partial charge on any atom is -0.366 e. The Bertz CT molecular complexity index is 571. The second-order valence-corrected chi connectivity index (χ2v) is 5.46. The summed E-state index contributed by atoms with van der Waals surface area (Å²) in [6.45, 7) is 1.10. The Balaban J connectivity index is 0.00000484. The van der Waals surface area contributed by atoms with E-state index in [9.17, 15) is 19.7 Å². The Hall–Kier alpha value is -1.84. The third kappa shape index (κ3) is 7.31. The van der Waals surface area contributed by atoms with Crippen molar-refractivity contribution in [3.05, 3.63) is 33.9 Å². The zero-order valence-electron chi connectivity index (χ0n) is 12.3. The Morgan fingerprint density at radius 2 is 2.00 bits per heavy atom. The molecule has 0 radical (unpaired) electrons. The first kappa shape index (κ1) is 21.2. The van der Waals surface area contributed by atoms with Gasteiger partial charge in [0.25, 0.3) is 5.69 Å². The molecule has 0 spiro atoms. The predicted molar refractivity (Wildman–Crippen MR) is 90.9 cm³/mol. The van der Waals surface area contributed by atoms with Crippen LogP contribution in [0.2, 0.25) is 0 Å². The lowest BCUT2D eigenvalue weighted by molar-refractivity contribution is -0.387. The van der Waals surface area contributed by atoms with Gasteiger partial charge in [0.05, 0.1) is 15.6 Å². The molecular weight excluding hydrogens is 344 g/mol. The van der Waals surface area contributed by atoms with Crippen molar-refractivity contribution in [3.63, 3.8) is 0 Å². The van der Waals surface area contributed by atoms with Gasteiger partial charge in [-0.05, 0) is 31.5 Å². The van der Waals surface area contributed by atoms with Crippen LogP contribution < -0.4 is 16.8 Å². The van der Waals surface area contributed by atoms with Gasteiger partial charge in [-0.3, -0.25) is 19.7 Å². The number of unbranched alkanes of at least 4 members (excludes halogenated alkanes) is 1. The van der Waals surface area contributed by atoms with Crippen molar-refractivity contribution in [2.45, 2.75) is 17.7 Å². The average molecular weight is 363 g/mol. The molecule has 0 unspecified atom stereocenters. The number of primary amides is 1. The maximum atomic E-state index is 11.6. The Kier molecular flexibility index (Phi) is 9.95. The van der Waals surface area contributed by atoms with Crippen molar-refractivity contribution in [2.24, 2.45) is 11.5 Å². The number of thioether (sulfide) groups is 1. The van der Waals surface area contributed by atoms with Crippen LogP contribution in [0, 0.1) is 10.1 Å². The summed E-state index contributed by atoms with van der Waals surface area (Å²) >= 11 is 1.04. The van der Waals surface area contributed by atoms with Crippen molar-refractivity contribution in [2.75, 3.05) is 18.8 Å². The summed E-state index contributed by atoms with van der Waals surface area (Å²) in [5.41, 5.74) is 10.3. The van der Waals surface area contributed by atoms with Crippen molar-refractivity contribution < 1.29 is 14.5 Å². The fourth-order valence-corrected chi connectivity index (χ4v) is 2.46. The third-order valence-electron chi connectivity index (χ3n) is 2.75. The molecule has 0 fully saturated rings. The maximum Gasteiger partial charge on any atom is 0.283 e. The van der Waals surface area contributed by atoms with Crippen LogP contribution in [0.5, 0.6) is 0 Å². The Morgan fingerprint density at radius 3 is 2.57 bits per heavy atom. The van der Waals surface area contributed by atoms with Crippen LogP contribution >= 0.6 is 24.2 Å². The highest BCUT2D eigenvalue weighted by Crippen LogP contribution is 2.29. The van der Waals surface area contributed by atoms with Crippen LogP contribution in [0.3, 0.4) is 0 Å². The van der Waals surface area contributed by atoms with Gasteiger partial charge in [0.2, 0.25) is 11.8 Å². The molecule has 0 bridgehead atoms. The van der Waals surface area contributed by atoms with Crippen LogP contribution in [0.25, 0.3) is 0 Å². The molecule has 23 heavy (non-hydrogen) atoms. The number of benzene rings is 1. The van der Waals surface area contributed by atoms with Gasteiger partial charge in [0, 0.05) is 18.2 Å². The van der Waals surface area contributed by atoms with E-state index in [1.807, 2.05) is 0 Å². The molecule has 0 atom stereocenters. The van der Waals surface area contributed by atoms with Crippen LogP contribution in [-0.2, 0) is 4.79 Å².